The fourth-order valence-electron chi connectivity index (χ4n) is 0.793. The Kier molecular flexibility index (Phi) is 6.39. The van der Waals surface area contributed by atoms with Crippen molar-refractivity contribution in [2.45, 2.75) is 38.9 Å². The normalized spacial score (nSPS) is 15.5. The maximum atomic E-state index is 11.3. The highest BCUT2D eigenvalue weighted by Crippen LogP contribution is 2.09. The number of amides is 1. The van der Waals surface area contributed by atoms with Crippen molar-refractivity contribution >= 4 is 21.8 Å². The van der Waals surface area contributed by atoms with Gasteiger partial charge in [0.2, 0.25) is 5.91 Å². The lowest BCUT2D eigenvalue weighted by Crippen LogP contribution is -2.35. The zero-order chi connectivity index (χ0) is 10.4. The molecule has 2 unspecified atom stereocenters. The van der Waals surface area contributed by atoms with Crippen molar-refractivity contribution in [1.82, 2.24) is 5.32 Å². The predicted octanol–water partition coefficient (Wildman–Crippen LogP) is 2.57. The summed E-state index contributed by atoms with van der Waals surface area (Å²) in [4.78, 5) is 11.3. The third-order valence-corrected chi connectivity index (χ3v) is 3.44. The maximum Gasteiger partial charge on any atom is 0.233 e. The van der Waals surface area contributed by atoms with Crippen LogP contribution in [0.3, 0.4) is 0 Å². The van der Waals surface area contributed by atoms with E-state index in [9.17, 15) is 4.79 Å². The molecule has 13 heavy (non-hydrogen) atoms. The summed E-state index contributed by atoms with van der Waals surface area (Å²) in [6, 6.07) is 0. The van der Waals surface area contributed by atoms with Crippen LogP contribution < -0.4 is 5.32 Å². The fraction of sp³-hybridized carbons (Fsp3) is 0.900. The summed E-state index contributed by atoms with van der Waals surface area (Å²) in [6.07, 6.45) is 0.835. The van der Waals surface area contributed by atoms with E-state index in [0.29, 0.717) is 11.8 Å². The first kappa shape index (κ1) is 12.9. The van der Waals surface area contributed by atoms with E-state index in [2.05, 4.69) is 42.0 Å². The summed E-state index contributed by atoms with van der Waals surface area (Å²) in [5.74, 6) is 1.27. The summed E-state index contributed by atoms with van der Waals surface area (Å²) in [5, 5.41) is 2.93. The monoisotopic (exact) mass is 249 g/mol. The van der Waals surface area contributed by atoms with Gasteiger partial charge >= 0.3 is 0 Å². The van der Waals surface area contributed by atoms with E-state index in [1.165, 1.54) is 0 Å². The number of rotatable bonds is 5. The maximum absolute atomic E-state index is 11.3. The van der Waals surface area contributed by atoms with Crippen molar-refractivity contribution in [3.05, 3.63) is 0 Å². The molecule has 0 aromatic carbocycles. The van der Waals surface area contributed by atoms with Crippen LogP contribution >= 0.6 is 15.9 Å². The Hall–Kier alpha value is -0.0500. The highest BCUT2D eigenvalue weighted by Gasteiger charge is 2.13. The van der Waals surface area contributed by atoms with Gasteiger partial charge in [-0.3, -0.25) is 4.79 Å². The van der Waals surface area contributed by atoms with Crippen LogP contribution in [0.15, 0.2) is 0 Å². The first-order valence-electron chi connectivity index (χ1n) is 4.90. The van der Waals surface area contributed by atoms with E-state index in [1.807, 2.05) is 6.92 Å². The summed E-state index contributed by atoms with van der Waals surface area (Å²) >= 11 is 3.32. The van der Waals surface area contributed by atoms with Crippen LogP contribution in [0, 0.1) is 11.8 Å². The lowest BCUT2D eigenvalue weighted by atomic mass is 9.98. The van der Waals surface area contributed by atoms with Gasteiger partial charge in [0.25, 0.3) is 0 Å². The molecule has 0 radical (unpaired) electrons. The second-order valence-corrected chi connectivity index (χ2v) is 4.95. The standard InChI is InChI=1S/C10H20BrNO/c1-5-9(11)10(13)12-6-8(4)7(2)3/h7-9H,5-6H2,1-4H3,(H,12,13). The van der Waals surface area contributed by atoms with Crippen molar-refractivity contribution < 1.29 is 4.79 Å². The minimum absolute atomic E-state index is 0.0353. The fourth-order valence-corrected chi connectivity index (χ4v) is 0.955. The van der Waals surface area contributed by atoms with Gasteiger partial charge in [0, 0.05) is 6.54 Å². The minimum Gasteiger partial charge on any atom is -0.355 e. The number of hydrogen-bond donors (Lipinski definition) is 1. The van der Waals surface area contributed by atoms with Gasteiger partial charge < -0.3 is 5.32 Å². The van der Waals surface area contributed by atoms with Gasteiger partial charge in [-0.25, -0.2) is 0 Å². The SMILES string of the molecule is CCC(Br)C(=O)NCC(C)C(C)C. The molecule has 2 atom stereocenters. The molecule has 0 aromatic heterocycles. The van der Waals surface area contributed by atoms with Gasteiger partial charge in [-0.15, -0.1) is 0 Å². The Balaban J connectivity index is 3.70. The third-order valence-electron chi connectivity index (χ3n) is 2.38. The third kappa shape index (κ3) is 5.29. The summed E-state index contributed by atoms with van der Waals surface area (Å²) < 4.78 is 0. The molecule has 0 spiro atoms. The average Bonchev–Trinajstić information content (AvgIpc) is 2.11. The van der Waals surface area contributed by atoms with Crippen molar-refractivity contribution in [2.24, 2.45) is 11.8 Å². The summed E-state index contributed by atoms with van der Waals surface area (Å²) in [6.45, 7) is 9.26. The van der Waals surface area contributed by atoms with Gasteiger partial charge in [-0.2, -0.15) is 0 Å². The second-order valence-electron chi connectivity index (χ2n) is 3.84. The summed E-state index contributed by atoms with van der Waals surface area (Å²) in [5.41, 5.74) is 0. The Morgan fingerprint density at radius 1 is 1.38 bits per heavy atom. The van der Waals surface area contributed by atoms with Gasteiger partial charge in [0.1, 0.15) is 0 Å². The predicted molar refractivity (Wildman–Crippen MR) is 60.0 cm³/mol. The smallest absolute Gasteiger partial charge is 0.233 e. The number of hydrogen-bond acceptors (Lipinski definition) is 1. The first-order valence-corrected chi connectivity index (χ1v) is 5.82. The molecule has 78 valence electrons. The Labute approximate surface area is 89.6 Å². The Morgan fingerprint density at radius 2 is 1.92 bits per heavy atom. The molecule has 0 saturated heterocycles. The highest BCUT2D eigenvalue weighted by atomic mass is 79.9. The van der Waals surface area contributed by atoms with Crippen LogP contribution in [-0.2, 0) is 4.79 Å². The molecule has 0 aliphatic heterocycles. The highest BCUT2D eigenvalue weighted by molar-refractivity contribution is 9.10. The first-order chi connectivity index (χ1) is 5.99. The quantitative estimate of drug-likeness (QED) is 0.746. The van der Waals surface area contributed by atoms with Gasteiger partial charge in [0.05, 0.1) is 4.83 Å². The molecule has 1 amide bonds. The zero-order valence-electron chi connectivity index (χ0n) is 8.93. The van der Waals surface area contributed by atoms with Crippen LogP contribution in [0.4, 0.5) is 0 Å². The number of alkyl halides is 1. The van der Waals surface area contributed by atoms with Gasteiger partial charge in [-0.1, -0.05) is 43.6 Å². The zero-order valence-corrected chi connectivity index (χ0v) is 10.5. The van der Waals surface area contributed by atoms with Crippen LogP contribution in [-0.4, -0.2) is 17.3 Å². The van der Waals surface area contributed by atoms with E-state index in [4.69, 9.17) is 0 Å². The molecule has 1 N–H and O–H groups in total. The van der Waals surface area contributed by atoms with Crippen LogP contribution in [0.1, 0.15) is 34.1 Å². The molecular weight excluding hydrogens is 230 g/mol. The van der Waals surface area contributed by atoms with Crippen molar-refractivity contribution in [3.8, 4) is 0 Å². The van der Waals surface area contributed by atoms with E-state index in [0.717, 1.165) is 13.0 Å². The summed E-state index contributed by atoms with van der Waals surface area (Å²) in [7, 11) is 0. The number of nitrogens with one attached hydrogen (secondary N) is 1. The molecule has 0 saturated carbocycles. The van der Waals surface area contributed by atoms with Crippen LogP contribution in [0.2, 0.25) is 0 Å². The van der Waals surface area contributed by atoms with E-state index < -0.39 is 0 Å². The number of halogens is 1. The lowest BCUT2D eigenvalue weighted by Gasteiger charge is -2.17. The molecule has 0 fully saturated rings. The molecule has 3 heteroatoms. The van der Waals surface area contributed by atoms with Crippen molar-refractivity contribution in [3.63, 3.8) is 0 Å². The second kappa shape index (κ2) is 6.41. The molecule has 0 aliphatic carbocycles. The van der Waals surface area contributed by atoms with E-state index in [-0.39, 0.29) is 10.7 Å². The Bertz CT molecular complexity index is 159. The van der Waals surface area contributed by atoms with Gasteiger partial charge in [0.15, 0.2) is 0 Å². The topological polar surface area (TPSA) is 29.1 Å². The minimum atomic E-state index is -0.0353. The Morgan fingerprint density at radius 3 is 2.31 bits per heavy atom. The average molecular weight is 250 g/mol. The largest absolute Gasteiger partial charge is 0.355 e. The molecule has 0 heterocycles. The molecular formula is C10H20BrNO. The molecule has 0 aromatic rings. The molecule has 2 nitrogen and oxygen atoms in total. The van der Waals surface area contributed by atoms with Crippen LogP contribution in [0.25, 0.3) is 0 Å². The van der Waals surface area contributed by atoms with E-state index >= 15 is 0 Å². The molecule has 0 aliphatic rings. The number of carbonyl (C=O) groups excluding carboxylic acids is 1. The van der Waals surface area contributed by atoms with Gasteiger partial charge in [-0.05, 0) is 18.3 Å². The van der Waals surface area contributed by atoms with Crippen molar-refractivity contribution in [2.75, 3.05) is 6.54 Å². The van der Waals surface area contributed by atoms with Crippen molar-refractivity contribution in [1.29, 1.82) is 0 Å². The lowest BCUT2D eigenvalue weighted by molar-refractivity contribution is -0.120. The van der Waals surface area contributed by atoms with Crippen LogP contribution in [0.5, 0.6) is 0 Å². The molecule has 0 rings (SSSR count). The van der Waals surface area contributed by atoms with E-state index in [1.54, 1.807) is 0 Å². The molecule has 0 bridgehead atoms. The number of carbonyl (C=O) groups is 1.